The van der Waals surface area contributed by atoms with Crippen LogP contribution in [0.5, 0.6) is 0 Å². The first kappa shape index (κ1) is 23.4. The fourth-order valence-corrected chi connectivity index (χ4v) is 3.54. The van der Waals surface area contributed by atoms with Gasteiger partial charge in [-0.3, -0.25) is 4.79 Å². The molecule has 30 heavy (non-hydrogen) atoms. The number of nitrogens with zero attached hydrogens (tertiary/aromatic N) is 3. The van der Waals surface area contributed by atoms with Gasteiger partial charge in [0.2, 0.25) is 5.91 Å². The van der Waals surface area contributed by atoms with E-state index in [9.17, 15) is 14.4 Å². The van der Waals surface area contributed by atoms with Gasteiger partial charge in [0.05, 0.1) is 31.1 Å². The number of thioether (sulfide) groups is 1. The van der Waals surface area contributed by atoms with Crippen LogP contribution in [-0.4, -0.2) is 52.6 Å². The molecule has 0 radical (unpaired) electrons. The van der Waals surface area contributed by atoms with E-state index in [1.165, 1.54) is 44.2 Å². The van der Waals surface area contributed by atoms with Gasteiger partial charge >= 0.3 is 11.9 Å². The van der Waals surface area contributed by atoms with Gasteiger partial charge < -0.3 is 19.4 Å². The molecule has 2 aromatic rings. The fourth-order valence-electron chi connectivity index (χ4n) is 2.77. The van der Waals surface area contributed by atoms with Crippen molar-refractivity contribution in [3.8, 4) is 0 Å². The van der Waals surface area contributed by atoms with Crippen molar-refractivity contribution in [3.63, 3.8) is 0 Å². The molecule has 1 aromatic heterocycles. The highest BCUT2D eigenvalue weighted by Crippen LogP contribution is 2.23. The van der Waals surface area contributed by atoms with Gasteiger partial charge in [0, 0.05) is 18.2 Å². The van der Waals surface area contributed by atoms with Crippen molar-refractivity contribution in [1.29, 1.82) is 0 Å². The van der Waals surface area contributed by atoms with Crippen LogP contribution in [-0.2, 0) is 20.8 Å². The number of ether oxygens (including phenoxy) is 2. The molecule has 9 nitrogen and oxygen atoms in total. The summed E-state index contributed by atoms with van der Waals surface area (Å²) in [5, 5.41) is 11.8. The van der Waals surface area contributed by atoms with Crippen LogP contribution in [0.2, 0.25) is 0 Å². The number of rotatable bonds is 9. The number of methoxy groups -OCH3 is 2. The second-order valence-corrected chi connectivity index (χ2v) is 7.71. The van der Waals surface area contributed by atoms with Crippen LogP contribution >= 0.6 is 11.8 Å². The molecule has 0 atom stereocenters. The van der Waals surface area contributed by atoms with E-state index in [0.717, 1.165) is 18.8 Å². The molecule has 0 aliphatic carbocycles. The molecule has 0 saturated heterocycles. The highest BCUT2D eigenvalue weighted by Gasteiger charge is 2.18. The summed E-state index contributed by atoms with van der Waals surface area (Å²) in [5.74, 6) is -0.358. The lowest BCUT2D eigenvalue weighted by atomic mass is 10.1. The molecule has 1 amide bonds. The standard InChI is InChI=1S/C20H26N4O5S/c1-6-7-24-17(12(2)3)22-23-20(24)30-11-16(25)21-15-9-13(18(26)28-4)8-14(10-15)19(27)29-5/h8-10,12H,6-7,11H2,1-5H3,(H,21,25). The van der Waals surface area contributed by atoms with Crippen molar-refractivity contribution in [2.75, 3.05) is 25.3 Å². The van der Waals surface area contributed by atoms with E-state index in [4.69, 9.17) is 9.47 Å². The maximum Gasteiger partial charge on any atom is 0.337 e. The number of amides is 1. The van der Waals surface area contributed by atoms with Crippen molar-refractivity contribution in [3.05, 3.63) is 35.2 Å². The summed E-state index contributed by atoms with van der Waals surface area (Å²) in [6.07, 6.45) is 0.925. The first-order valence-electron chi connectivity index (χ1n) is 9.48. The molecule has 1 aromatic carbocycles. The minimum Gasteiger partial charge on any atom is -0.465 e. The Kier molecular flexibility index (Phi) is 8.40. The summed E-state index contributed by atoms with van der Waals surface area (Å²) in [6.45, 7) is 6.93. The third kappa shape index (κ3) is 5.82. The largest absolute Gasteiger partial charge is 0.465 e. The maximum atomic E-state index is 12.5. The molecule has 10 heteroatoms. The number of carbonyl (C=O) groups is 3. The SMILES string of the molecule is CCCn1c(SCC(=O)Nc2cc(C(=O)OC)cc(C(=O)OC)c2)nnc1C(C)C. The van der Waals surface area contributed by atoms with Gasteiger partial charge in [-0.15, -0.1) is 10.2 Å². The second-order valence-electron chi connectivity index (χ2n) is 6.77. The highest BCUT2D eigenvalue weighted by molar-refractivity contribution is 7.99. The molecule has 0 fully saturated rings. The molecule has 0 bridgehead atoms. The molecule has 0 spiro atoms. The van der Waals surface area contributed by atoms with Crippen LogP contribution in [0.15, 0.2) is 23.4 Å². The number of aromatic nitrogens is 3. The Morgan fingerprint density at radius 2 is 1.67 bits per heavy atom. The number of esters is 2. The van der Waals surface area contributed by atoms with E-state index in [2.05, 4.69) is 22.4 Å². The minimum absolute atomic E-state index is 0.0932. The zero-order chi connectivity index (χ0) is 22.3. The van der Waals surface area contributed by atoms with Gasteiger partial charge in [0.25, 0.3) is 0 Å². The molecule has 0 unspecified atom stereocenters. The lowest BCUT2D eigenvalue weighted by molar-refractivity contribution is -0.113. The Morgan fingerprint density at radius 3 is 2.17 bits per heavy atom. The first-order chi connectivity index (χ1) is 14.3. The smallest absolute Gasteiger partial charge is 0.337 e. The van der Waals surface area contributed by atoms with E-state index >= 15 is 0 Å². The predicted molar refractivity (Wildman–Crippen MR) is 113 cm³/mol. The molecule has 1 heterocycles. The topological polar surface area (TPSA) is 112 Å². The predicted octanol–water partition coefficient (Wildman–Crippen LogP) is 3.12. The van der Waals surface area contributed by atoms with E-state index in [1.54, 1.807) is 0 Å². The molecular formula is C20H26N4O5S. The van der Waals surface area contributed by atoms with E-state index in [1.807, 2.05) is 18.4 Å². The van der Waals surface area contributed by atoms with Crippen LogP contribution in [0.4, 0.5) is 5.69 Å². The summed E-state index contributed by atoms with van der Waals surface area (Å²) in [7, 11) is 2.47. The van der Waals surface area contributed by atoms with Crippen LogP contribution in [0.25, 0.3) is 0 Å². The summed E-state index contributed by atoms with van der Waals surface area (Å²) in [4.78, 5) is 36.2. The number of hydrogen-bond acceptors (Lipinski definition) is 8. The second kappa shape index (κ2) is 10.8. The summed E-state index contributed by atoms with van der Waals surface area (Å²) in [5.41, 5.74) is 0.557. The summed E-state index contributed by atoms with van der Waals surface area (Å²) < 4.78 is 11.4. The van der Waals surface area contributed by atoms with Crippen LogP contribution in [0.3, 0.4) is 0 Å². The Morgan fingerprint density at radius 1 is 1.07 bits per heavy atom. The normalized spacial score (nSPS) is 10.7. The number of hydrogen-bond donors (Lipinski definition) is 1. The van der Waals surface area contributed by atoms with Gasteiger partial charge in [0.15, 0.2) is 5.16 Å². The van der Waals surface area contributed by atoms with Gasteiger partial charge in [-0.05, 0) is 24.6 Å². The third-order valence-corrected chi connectivity index (χ3v) is 5.07. The quantitative estimate of drug-likeness (QED) is 0.473. The van der Waals surface area contributed by atoms with Crippen LogP contribution < -0.4 is 5.32 Å². The minimum atomic E-state index is -0.625. The van der Waals surface area contributed by atoms with E-state index in [-0.39, 0.29) is 28.7 Å². The van der Waals surface area contributed by atoms with E-state index < -0.39 is 11.9 Å². The van der Waals surface area contributed by atoms with Crippen molar-refractivity contribution in [2.45, 2.75) is 44.8 Å². The Labute approximate surface area is 179 Å². The molecule has 0 aliphatic heterocycles. The van der Waals surface area contributed by atoms with Crippen molar-refractivity contribution < 1.29 is 23.9 Å². The van der Waals surface area contributed by atoms with Crippen LogP contribution in [0, 0.1) is 0 Å². The molecule has 0 aliphatic rings. The number of carbonyl (C=O) groups excluding carboxylic acids is 3. The third-order valence-electron chi connectivity index (χ3n) is 4.10. The molecule has 0 saturated carbocycles. The average Bonchev–Trinajstić information content (AvgIpc) is 3.14. The average molecular weight is 435 g/mol. The van der Waals surface area contributed by atoms with Crippen molar-refractivity contribution >= 4 is 35.3 Å². The van der Waals surface area contributed by atoms with Crippen LogP contribution in [0.1, 0.15) is 59.7 Å². The Balaban J connectivity index is 2.15. The van der Waals surface area contributed by atoms with Gasteiger partial charge in [-0.1, -0.05) is 32.5 Å². The van der Waals surface area contributed by atoms with Gasteiger partial charge in [-0.2, -0.15) is 0 Å². The number of anilines is 1. The maximum absolute atomic E-state index is 12.5. The Hall–Kier alpha value is -2.88. The van der Waals surface area contributed by atoms with Gasteiger partial charge in [-0.25, -0.2) is 9.59 Å². The highest BCUT2D eigenvalue weighted by atomic mass is 32.2. The molecule has 2 rings (SSSR count). The number of nitrogens with one attached hydrogen (secondary N) is 1. The molecule has 1 N–H and O–H groups in total. The van der Waals surface area contributed by atoms with Crippen molar-refractivity contribution in [2.24, 2.45) is 0 Å². The zero-order valence-corrected chi connectivity index (χ0v) is 18.5. The Bertz CT molecular complexity index is 892. The zero-order valence-electron chi connectivity index (χ0n) is 17.7. The first-order valence-corrected chi connectivity index (χ1v) is 10.5. The molecular weight excluding hydrogens is 408 g/mol. The lowest BCUT2D eigenvalue weighted by Crippen LogP contribution is -2.16. The summed E-state index contributed by atoms with van der Waals surface area (Å²) >= 11 is 1.28. The monoisotopic (exact) mass is 434 g/mol. The van der Waals surface area contributed by atoms with Gasteiger partial charge in [0.1, 0.15) is 5.82 Å². The molecule has 162 valence electrons. The van der Waals surface area contributed by atoms with E-state index in [0.29, 0.717) is 10.8 Å². The summed E-state index contributed by atoms with van der Waals surface area (Å²) in [6, 6.07) is 4.23. The lowest BCUT2D eigenvalue weighted by Gasteiger charge is -2.11. The van der Waals surface area contributed by atoms with Crippen molar-refractivity contribution in [1.82, 2.24) is 14.8 Å². The number of benzene rings is 1. The fraction of sp³-hybridized carbons (Fsp3) is 0.450.